The van der Waals surface area contributed by atoms with Crippen LogP contribution < -0.4 is 0 Å². The van der Waals surface area contributed by atoms with Crippen molar-refractivity contribution in [1.82, 2.24) is 4.90 Å². The van der Waals surface area contributed by atoms with Crippen molar-refractivity contribution in [1.29, 1.82) is 0 Å². The Morgan fingerprint density at radius 1 is 1.16 bits per heavy atom. The van der Waals surface area contributed by atoms with Crippen molar-refractivity contribution in [2.45, 2.75) is 44.4 Å². The lowest BCUT2D eigenvalue weighted by Gasteiger charge is -2.33. The third-order valence-corrected chi connectivity index (χ3v) is 3.96. The summed E-state index contributed by atoms with van der Waals surface area (Å²) in [7, 11) is 0. The monoisotopic (exact) mass is 259 g/mol. The molecule has 1 aromatic rings. The van der Waals surface area contributed by atoms with Crippen LogP contribution >= 0.6 is 0 Å². The lowest BCUT2D eigenvalue weighted by Crippen LogP contribution is -2.46. The topological polar surface area (TPSA) is 46.6 Å². The van der Waals surface area contributed by atoms with Gasteiger partial charge in [0.2, 0.25) is 0 Å². The van der Waals surface area contributed by atoms with Crippen LogP contribution in [0.2, 0.25) is 0 Å². The number of nitrogens with zero attached hydrogens (tertiary/aromatic N) is 1. The Morgan fingerprint density at radius 3 is 2.42 bits per heavy atom. The minimum absolute atomic E-state index is 0.0644. The van der Waals surface area contributed by atoms with Gasteiger partial charge in [-0.15, -0.1) is 0 Å². The maximum atomic E-state index is 12.1. The number of hydrogen-bond donors (Lipinski definition) is 0. The molecule has 1 unspecified atom stereocenters. The average molecular weight is 259 g/mol. The molecule has 2 heterocycles. The number of fused-ring (bicyclic) bond motifs is 2. The van der Waals surface area contributed by atoms with Gasteiger partial charge in [0.1, 0.15) is 12.4 Å². The Hall–Kier alpha value is -1.84. The smallest absolute Gasteiger partial charge is 0.410 e. The van der Waals surface area contributed by atoms with Gasteiger partial charge in [-0.3, -0.25) is 4.79 Å². The van der Waals surface area contributed by atoms with Crippen LogP contribution in [0.5, 0.6) is 0 Å². The summed E-state index contributed by atoms with van der Waals surface area (Å²) in [6.07, 6.45) is 2.57. The molecule has 4 nitrogen and oxygen atoms in total. The third kappa shape index (κ3) is 2.48. The van der Waals surface area contributed by atoms with Crippen LogP contribution in [0.25, 0.3) is 0 Å². The summed E-state index contributed by atoms with van der Waals surface area (Å²) in [6, 6.07) is 9.77. The van der Waals surface area contributed by atoms with E-state index in [1.807, 2.05) is 30.3 Å². The number of benzene rings is 1. The summed E-state index contributed by atoms with van der Waals surface area (Å²) in [5.41, 5.74) is 0.983. The minimum atomic E-state index is -0.274. The number of hydrogen-bond acceptors (Lipinski definition) is 3. The van der Waals surface area contributed by atoms with E-state index in [1.54, 1.807) is 4.90 Å². The molecule has 2 fully saturated rings. The van der Waals surface area contributed by atoms with Gasteiger partial charge in [-0.05, 0) is 18.4 Å². The summed E-state index contributed by atoms with van der Waals surface area (Å²) in [6.45, 7) is 0.295. The van der Waals surface area contributed by atoms with Crippen LogP contribution in [0.3, 0.4) is 0 Å². The van der Waals surface area contributed by atoms with Gasteiger partial charge in [0.25, 0.3) is 0 Å². The van der Waals surface area contributed by atoms with Crippen LogP contribution in [0, 0.1) is 0 Å². The summed E-state index contributed by atoms with van der Waals surface area (Å²) >= 11 is 0. The standard InChI is InChI=1S/C15H17NO3/c17-14-8-12-6-7-13(9-14)16(12)15(18)19-10-11-4-2-1-3-5-11/h1-5,12-13H,6-10H2/t12-,13?/m1/s1. The summed E-state index contributed by atoms with van der Waals surface area (Å²) in [4.78, 5) is 25.4. The molecule has 100 valence electrons. The second kappa shape index (κ2) is 5.03. The van der Waals surface area contributed by atoms with Crippen LogP contribution in [0.15, 0.2) is 30.3 Å². The fraction of sp³-hybridized carbons (Fsp3) is 0.467. The molecule has 19 heavy (non-hydrogen) atoms. The SMILES string of the molecule is O=C1CC2CC[C@H](C1)N2C(=O)OCc1ccccc1. The molecule has 1 aromatic carbocycles. The first-order valence-corrected chi connectivity index (χ1v) is 6.75. The lowest BCUT2D eigenvalue weighted by atomic mass is 10.0. The number of carbonyl (C=O) groups excluding carboxylic acids is 2. The molecule has 1 amide bonds. The second-order valence-electron chi connectivity index (χ2n) is 5.28. The van der Waals surface area contributed by atoms with Crippen molar-refractivity contribution in [3.63, 3.8) is 0 Å². The average Bonchev–Trinajstić information content (AvgIpc) is 2.70. The van der Waals surface area contributed by atoms with Crippen molar-refractivity contribution >= 4 is 11.9 Å². The fourth-order valence-corrected chi connectivity index (χ4v) is 3.06. The van der Waals surface area contributed by atoms with E-state index in [1.165, 1.54) is 0 Å². The van der Waals surface area contributed by atoms with Crippen molar-refractivity contribution in [3.8, 4) is 0 Å². The number of amides is 1. The van der Waals surface area contributed by atoms with Gasteiger partial charge in [-0.2, -0.15) is 0 Å². The van der Waals surface area contributed by atoms with E-state index in [4.69, 9.17) is 4.74 Å². The molecular formula is C15H17NO3. The largest absolute Gasteiger partial charge is 0.445 e. The minimum Gasteiger partial charge on any atom is -0.445 e. The Bertz CT molecular complexity index is 469. The quantitative estimate of drug-likeness (QED) is 0.820. The fourth-order valence-electron chi connectivity index (χ4n) is 3.06. The van der Waals surface area contributed by atoms with Crippen molar-refractivity contribution < 1.29 is 14.3 Å². The maximum Gasteiger partial charge on any atom is 0.410 e. The van der Waals surface area contributed by atoms with Gasteiger partial charge < -0.3 is 9.64 Å². The number of Topliss-reactive ketones (excluding diaryl/α,β-unsaturated/α-hetero) is 1. The Morgan fingerprint density at radius 2 is 1.79 bits per heavy atom. The summed E-state index contributed by atoms with van der Waals surface area (Å²) in [5.74, 6) is 0.277. The molecule has 2 aliphatic rings. The Labute approximate surface area is 112 Å². The van der Waals surface area contributed by atoms with Crippen LogP contribution in [-0.4, -0.2) is 28.9 Å². The first-order valence-electron chi connectivity index (χ1n) is 6.75. The highest BCUT2D eigenvalue weighted by atomic mass is 16.6. The van der Waals surface area contributed by atoms with Crippen LogP contribution in [0.1, 0.15) is 31.2 Å². The third-order valence-electron chi connectivity index (χ3n) is 3.96. The molecule has 2 saturated heterocycles. The van der Waals surface area contributed by atoms with Crippen molar-refractivity contribution in [3.05, 3.63) is 35.9 Å². The molecule has 2 atom stereocenters. The van der Waals surface area contributed by atoms with Gasteiger partial charge in [0, 0.05) is 24.9 Å². The second-order valence-corrected chi connectivity index (χ2v) is 5.28. The molecule has 0 saturated carbocycles. The Kier molecular flexibility index (Phi) is 3.23. The molecular weight excluding hydrogens is 242 g/mol. The van der Waals surface area contributed by atoms with E-state index in [2.05, 4.69) is 0 Å². The van der Waals surface area contributed by atoms with Crippen LogP contribution in [0.4, 0.5) is 4.79 Å². The van der Waals surface area contributed by atoms with E-state index >= 15 is 0 Å². The van der Waals surface area contributed by atoms with E-state index < -0.39 is 0 Å². The zero-order valence-corrected chi connectivity index (χ0v) is 10.7. The number of ketones is 1. The van der Waals surface area contributed by atoms with Crippen LogP contribution in [-0.2, 0) is 16.1 Å². The molecule has 4 heteroatoms. The normalized spacial score (nSPS) is 25.5. The molecule has 3 rings (SSSR count). The van der Waals surface area contributed by atoms with Gasteiger partial charge in [0.05, 0.1) is 0 Å². The first-order chi connectivity index (χ1) is 9.24. The van der Waals surface area contributed by atoms with Gasteiger partial charge in [-0.25, -0.2) is 4.79 Å². The lowest BCUT2D eigenvalue weighted by molar-refractivity contribution is -0.123. The molecule has 0 aliphatic carbocycles. The molecule has 0 N–H and O–H groups in total. The molecule has 2 bridgehead atoms. The molecule has 0 radical (unpaired) electrons. The zero-order chi connectivity index (χ0) is 13.2. The zero-order valence-electron chi connectivity index (χ0n) is 10.7. The van der Waals surface area contributed by atoms with Crippen molar-refractivity contribution in [2.75, 3.05) is 0 Å². The van der Waals surface area contributed by atoms with E-state index in [0.717, 1.165) is 18.4 Å². The number of ether oxygens (including phenoxy) is 1. The molecule has 0 spiro atoms. The Balaban J connectivity index is 1.61. The summed E-state index contributed by atoms with van der Waals surface area (Å²) < 4.78 is 5.36. The predicted molar refractivity (Wildman–Crippen MR) is 69.5 cm³/mol. The van der Waals surface area contributed by atoms with E-state index in [0.29, 0.717) is 19.4 Å². The van der Waals surface area contributed by atoms with Gasteiger partial charge in [-0.1, -0.05) is 30.3 Å². The summed E-state index contributed by atoms with van der Waals surface area (Å²) in [5, 5.41) is 0. The highest BCUT2D eigenvalue weighted by molar-refractivity contribution is 5.83. The number of piperidine rings is 1. The van der Waals surface area contributed by atoms with Gasteiger partial charge in [0.15, 0.2) is 0 Å². The number of rotatable bonds is 2. The predicted octanol–water partition coefficient (Wildman–Crippen LogP) is 2.52. The van der Waals surface area contributed by atoms with E-state index in [-0.39, 0.29) is 24.0 Å². The highest BCUT2D eigenvalue weighted by Gasteiger charge is 2.43. The number of carbonyl (C=O) groups is 2. The first kappa shape index (κ1) is 12.2. The van der Waals surface area contributed by atoms with Crippen molar-refractivity contribution in [2.24, 2.45) is 0 Å². The van der Waals surface area contributed by atoms with Gasteiger partial charge >= 0.3 is 6.09 Å². The molecule has 0 aromatic heterocycles. The highest BCUT2D eigenvalue weighted by Crippen LogP contribution is 2.34. The van der Waals surface area contributed by atoms with E-state index in [9.17, 15) is 9.59 Å². The molecule has 2 aliphatic heterocycles. The maximum absolute atomic E-state index is 12.1.